The topological polar surface area (TPSA) is 57.4 Å². The van der Waals surface area contributed by atoms with E-state index in [1.165, 1.54) is 0 Å². The lowest BCUT2D eigenvalue weighted by molar-refractivity contribution is 0.288. The first-order chi connectivity index (χ1) is 10.7. The van der Waals surface area contributed by atoms with Gasteiger partial charge in [-0.1, -0.05) is 30.3 Å². The van der Waals surface area contributed by atoms with Crippen LogP contribution in [0.3, 0.4) is 0 Å². The van der Waals surface area contributed by atoms with Crippen molar-refractivity contribution in [1.82, 2.24) is 4.98 Å². The molecule has 0 fully saturated rings. The monoisotopic (exact) mass is 294 g/mol. The highest BCUT2D eigenvalue weighted by molar-refractivity contribution is 5.98. The van der Waals surface area contributed by atoms with Gasteiger partial charge in [-0.15, -0.1) is 0 Å². The normalized spacial score (nSPS) is 10.6. The Kier molecular flexibility index (Phi) is 3.83. The summed E-state index contributed by atoms with van der Waals surface area (Å²) in [6, 6.07) is 13.7. The molecule has 0 amide bonds. The van der Waals surface area contributed by atoms with Crippen molar-refractivity contribution in [2.45, 2.75) is 13.5 Å². The molecule has 0 bridgehead atoms. The number of ether oxygens (including phenoxy) is 2. The van der Waals surface area contributed by atoms with Crippen LogP contribution in [-0.2, 0) is 6.61 Å². The molecule has 22 heavy (non-hydrogen) atoms. The number of fused-ring (bicyclic) bond motifs is 1. The van der Waals surface area contributed by atoms with Gasteiger partial charge in [-0.25, -0.2) is 0 Å². The smallest absolute Gasteiger partial charge is 0.171 e. The third-order valence-electron chi connectivity index (χ3n) is 3.62. The van der Waals surface area contributed by atoms with Crippen LogP contribution >= 0.6 is 0 Å². The fraction of sp³-hybridized carbons (Fsp3) is 0.167. The van der Waals surface area contributed by atoms with E-state index in [0.717, 1.165) is 22.0 Å². The minimum Gasteiger partial charge on any atom is -0.493 e. The zero-order valence-electron chi connectivity index (χ0n) is 12.7. The van der Waals surface area contributed by atoms with E-state index in [4.69, 9.17) is 15.2 Å². The minimum absolute atomic E-state index is 0.463. The summed E-state index contributed by atoms with van der Waals surface area (Å²) < 4.78 is 11.5. The lowest BCUT2D eigenvalue weighted by atomic mass is 10.1. The number of nitrogen functional groups attached to an aromatic ring is 1. The van der Waals surface area contributed by atoms with Crippen molar-refractivity contribution in [2.24, 2.45) is 0 Å². The summed E-state index contributed by atoms with van der Waals surface area (Å²) in [6.45, 7) is 2.48. The van der Waals surface area contributed by atoms with Gasteiger partial charge in [-0.2, -0.15) is 0 Å². The summed E-state index contributed by atoms with van der Waals surface area (Å²) in [4.78, 5) is 4.37. The van der Waals surface area contributed by atoms with Crippen LogP contribution in [0.15, 0.2) is 48.7 Å². The lowest BCUT2D eigenvalue weighted by Gasteiger charge is -2.16. The van der Waals surface area contributed by atoms with E-state index < -0.39 is 0 Å². The molecule has 4 heteroatoms. The number of aromatic nitrogens is 1. The Hall–Kier alpha value is -2.75. The molecule has 3 rings (SSSR count). The van der Waals surface area contributed by atoms with Gasteiger partial charge in [0.2, 0.25) is 0 Å². The van der Waals surface area contributed by atoms with Crippen LogP contribution in [0.25, 0.3) is 10.9 Å². The third-order valence-corrected chi connectivity index (χ3v) is 3.62. The van der Waals surface area contributed by atoms with Crippen molar-refractivity contribution in [3.05, 3.63) is 59.8 Å². The molecule has 112 valence electrons. The maximum absolute atomic E-state index is 6.08. The van der Waals surface area contributed by atoms with Crippen LogP contribution < -0.4 is 15.2 Å². The summed E-state index contributed by atoms with van der Waals surface area (Å²) in [6.07, 6.45) is 1.75. The van der Waals surface area contributed by atoms with Gasteiger partial charge in [0, 0.05) is 12.3 Å². The third kappa shape index (κ3) is 2.55. The van der Waals surface area contributed by atoms with Gasteiger partial charge in [0.25, 0.3) is 0 Å². The van der Waals surface area contributed by atoms with E-state index in [-0.39, 0.29) is 0 Å². The highest BCUT2D eigenvalue weighted by Crippen LogP contribution is 2.40. The molecule has 0 saturated heterocycles. The van der Waals surface area contributed by atoms with E-state index in [1.807, 2.05) is 43.3 Å². The second-order valence-corrected chi connectivity index (χ2v) is 5.12. The first-order valence-corrected chi connectivity index (χ1v) is 7.09. The molecular weight excluding hydrogens is 276 g/mol. The number of hydrogen-bond donors (Lipinski definition) is 1. The standard InChI is InChI=1S/C18H18N2O2/c1-12-8-9-20-17-14(19)10-15(21-2)18(16(12)17)22-11-13-6-4-3-5-7-13/h3-10H,11,19H2,1-2H3. The van der Waals surface area contributed by atoms with Gasteiger partial charge in [-0.3, -0.25) is 4.98 Å². The Morgan fingerprint density at radius 3 is 2.64 bits per heavy atom. The molecule has 4 nitrogen and oxygen atoms in total. The number of methoxy groups -OCH3 is 1. The number of aryl methyl sites for hydroxylation is 1. The van der Waals surface area contributed by atoms with Gasteiger partial charge in [0.15, 0.2) is 11.5 Å². The fourth-order valence-corrected chi connectivity index (χ4v) is 2.49. The lowest BCUT2D eigenvalue weighted by Crippen LogP contribution is -2.01. The minimum atomic E-state index is 0.463. The van der Waals surface area contributed by atoms with Crippen LogP contribution in [0.2, 0.25) is 0 Å². The molecule has 0 aliphatic carbocycles. The van der Waals surface area contributed by atoms with Gasteiger partial charge < -0.3 is 15.2 Å². The van der Waals surface area contributed by atoms with Crippen molar-refractivity contribution in [1.29, 1.82) is 0 Å². The Labute approximate surface area is 129 Å². The molecule has 1 heterocycles. The number of nitrogens with zero attached hydrogens (tertiary/aromatic N) is 1. The zero-order chi connectivity index (χ0) is 15.5. The molecule has 0 saturated carbocycles. The van der Waals surface area contributed by atoms with Gasteiger partial charge in [-0.05, 0) is 24.1 Å². The largest absolute Gasteiger partial charge is 0.493 e. The number of benzene rings is 2. The van der Waals surface area contributed by atoms with Gasteiger partial charge in [0.1, 0.15) is 6.61 Å². The first kappa shape index (κ1) is 14.2. The first-order valence-electron chi connectivity index (χ1n) is 7.09. The summed E-state index contributed by atoms with van der Waals surface area (Å²) in [5.41, 5.74) is 9.55. The molecule has 0 spiro atoms. The number of hydrogen-bond acceptors (Lipinski definition) is 4. The predicted molar refractivity (Wildman–Crippen MR) is 88.2 cm³/mol. The molecule has 0 unspecified atom stereocenters. The van der Waals surface area contributed by atoms with E-state index in [9.17, 15) is 0 Å². The Balaban J connectivity index is 2.08. The SMILES string of the molecule is COc1cc(N)c2nccc(C)c2c1OCc1ccccc1. The van der Waals surface area contributed by atoms with Crippen molar-refractivity contribution < 1.29 is 9.47 Å². The predicted octanol–water partition coefficient (Wildman–Crippen LogP) is 3.71. The zero-order valence-corrected chi connectivity index (χ0v) is 12.7. The van der Waals surface area contributed by atoms with Crippen LogP contribution in [0.5, 0.6) is 11.5 Å². The summed E-state index contributed by atoms with van der Waals surface area (Å²) in [5.74, 6) is 1.30. The van der Waals surface area contributed by atoms with Crippen LogP contribution in [0.1, 0.15) is 11.1 Å². The van der Waals surface area contributed by atoms with E-state index in [0.29, 0.717) is 23.8 Å². The highest BCUT2D eigenvalue weighted by Gasteiger charge is 2.15. The Morgan fingerprint density at radius 2 is 1.91 bits per heavy atom. The number of anilines is 1. The second-order valence-electron chi connectivity index (χ2n) is 5.12. The number of nitrogens with two attached hydrogens (primary N) is 1. The second kappa shape index (κ2) is 5.93. The summed E-state index contributed by atoms with van der Waals surface area (Å²) >= 11 is 0. The van der Waals surface area contributed by atoms with Crippen LogP contribution in [-0.4, -0.2) is 12.1 Å². The van der Waals surface area contributed by atoms with Crippen molar-refractivity contribution in [2.75, 3.05) is 12.8 Å². The molecule has 0 aliphatic rings. The average Bonchev–Trinajstić information content (AvgIpc) is 2.55. The number of pyridine rings is 1. The molecule has 2 N–H and O–H groups in total. The fourth-order valence-electron chi connectivity index (χ4n) is 2.49. The molecule has 2 aromatic carbocycles. The van der Waals surface area contributed by atoms with Gasteiger partial charge in [0.05, 0.1) is 23.7 Å². The molecule has 0 radical (unpaired) electrons. The van der Waals surface area contributed by atoms with E-state index in [2.05, 4.69) is 4.98 Å². The summed E-state index contributed by atoms with van der Waals surface area (Å²) in [5, 5.41) is 0.898. The molecule has 1 aromatic heterocycles. The van der Waals surface area contributed by atoms with Crippen molar-refractivity contribution in [3.63, 3.8) is 0 Å². The van der Waals surface area contributed by atoms with Crippen LogP contribution in [0, 0.1) is 6.92 Å². The maximum Gasteiger partial charge on any atom is 0.171 e. The van der Waals surface area contributed by atoms with E-state index in [1.54, 1.807) is 19.4 Å². The number of rotatable bonds is 4. The molecular formula is C18H18N2O2. The van der Waals surface area contributed by atoms with Crippen molar-refractivity contribution >= 4 is 16.6 Å². The maximum atomic E-state index is 6.08. The molecule has 0 aliphatic heterocycles. The Bertz CT molecular complexity index is 801. The van der Waals surface area contributed by atoms with Crippen molar-refractivity contribution in [3.8, 4) is 11.5 Å². The Morgan fingerprint density at radius 1 is 1.14 bits per heavy atom. The molecule has 3 aromatic rings. The quantitative estimate of drug-likeness (QED) is 0.745. The summed E-state index contributed by atoms with van der Waals surface area (Å²) in [7, 11) is 1.61. The molecule has 0 atom stereocenters. The highest BCUT2D eigenvalue weighted by atomic mass is 16.5. The average molecular weight is 294 g/mol. The van der Waals surface area contributed by atoms with Crippen LogP contribution in [0.4, 0.5) is 5.69 Å². The van der Waals surface area contributed by atoms with Gasteiger partial charge >= 0.3 is 0 Å². The van der Waals surface area contributed by atoms with E-state index >= 15 is 0 Å².